The monoisotopic (exact) mass is 917 g/mol. The minimum atomic E-state index is -0.954. The summed E-state index contributed by atoms with van der Waals surface area (Å²) in [5.41, 5.74) is 0. The Morgan fingerprint density at radius 2 is 0.500 bits per heavy atom. The number of carboxylic acid groups (broad SMARTS) is 1. The van der Waals surface area contributed by atoms with Crippen molar-refractivity contribution in [1.82, 2.24) is 0 Å². The summed E-state index contributed by atoms with van der Waals surface area (Å²) in [6, 6.07) is 0. The van der Waals surface area contributed by atoms with Crippen molar-refractivity contribution in [2.45, 2.75) is 342 Å². The number of hydrogen-bond donors (Lipinski definition) is 6. The lowest BCUT2D eigenvalue weighted by molar-refractivity contribution is -0.137. The molecule has 7 heteroatoms. The maximum Gasteiger partial charge on any atom is 0.303 e. The lowest BCUT2D eigenvalue weighted by Crippen LogP contribution is -2.15. The molecule has 0 aliphatic rings. The van der Waals surface area contributed by atoms with Crippen molar-refractivity contribution in [3.05, 3.63) is 0 Å². The number of aliphatic hydroxyl groups excluding tert-OH is 5. The van der Waals surface area contributed by atoms with Crippen molar-refractivity contribution < 1.29 is 35.4 Å². The molecule has 7 nitrogen and oxygen atoms in total. The Morgan fingerprint density at radius 1 is 0.297 bits per heavy atom. The van der Waals surface area contributed by atoms with Gasteiger partial charge in [-0.3, -0.25) is 4.79 Å². The molecule has 1 unspecified atom stereocenters. The van der Waals surface area contributed by atoms with Gasteiger partial charge >= 0.3 is 5.97 Å². The van der Waals surface area contributed by atoms with Gasteiger partial charge in [-0.1, -0.05) is 297 Å². The van der Waals surface area contributed by atoms with Crippen LogP contribution in [0.25, 0.3) is 0 Å². The van der Waals surface area contributed by atoms with E-state index in [1.54, 1.807) is 0 Å². The van der Waals surface area contributed by atoms with E-state index in [2.05, 4.69) is 27.7 Å². The molecule has 0 aromatic rings. The predicted molar refractivity (Wildman–Crippen MR) is 281 cm³/mol. The van der Waals surface area contributed by atoms with Crippen LogP contribution in [-0.4, -0.2) is 68.6 Å². The molecule has 6 N–H and O–H groups in total. The minimum absolute atomic E-state index is 0.0271. The number of rotatable bonds is 49. The highest BCUT2D eigenvalue weighted by Crippen LogP contribution is 2.17. The van der Waals surface area contributed by atoms with Gasteiger partial charge in [-0.2, -0.15) is 0 Å². The molecule has 64 heavy (non-hydrogen) atoms. The van der Waals surface area contributed by atoms with E-state index in [9.17, 15) is 9.90 Å². The molecule has 0 rings (SSSR count). The lowest BCUT2D eigenvalue weighted by Gasteiger charge is -2.10. The van der Waals surface area contributed by atoms with E-state index in [1.165, 1.54) is 263 Å². The second-order valence-electron chi connectivity index (χ2n) is 19.3. The lowest BCUT2D eigenvalue weighted by atomic mass is 10.0. The van der Waals surface area contributed by atoms with Crippen molar-refractivity contribution in [3.63, 3.8) is 0 Å². The zero-order valence-corrected chi connectivity index (χ0v) is 44.1. The molecule has 0 bridgehead atoms. The zero-order chi connectivity index (χ0) is 48.1. The van der Waals surface area contributed by atoms with Gasteiger partial charge in [-0.25, -0.2) is 0 Å². The van der Waals surface area contributed by atoms with Gasteiger partial charge in [0.2, 0.25) is 0 Å². The van der Waals surface area contributed by atoms with E-state index >= 15 is 0 Å². The largest absolute Gasteiger partial charge is 0.481 e. The molecule has 0 aliphatic carbocycles. The van der Waals surface area contributed by atoms with Crippen molar-refractivity contribution in [2.24, 2.45) is 0 Å². The number of hydrogen-bond acceptors (Lipinski definition) is 6. The molecule has 0 heterocycles. The third-order valence-corrected chi connectivity index (χ3v) is 12.5. The van der Waals surface area contributed by atoms with Crippen molar-refractivity contribution >= 4 is 5.97 Å². The van der Waals surface area contributed by atoms with Crippen molar-refractivity contribution in [1.29, 1.82) is 0 Å². The maximum absolute atomic E-state index is 10.3. The first kappa shape index (κ1) is 69.8. The first-order valence-corrected chi connectivity index (χ1v) is 28.7. The molecule has 0 saturated heterocycles. The number of aliphatic carboxylic acids is 1. The summed E-state index contributed by atoms with van der Waals surface area (Å²) in [5.74, 6) is -0.653. The highest BCUT2D eigenvalue weighted by atomic mass is 16.4. The van der Waals surface area contributed by atoms with Crippen LogP contribution in [0.2, 0.25) is 0 Å². The summed E-state index contributed by atoms with van der Waals surface area (Å²) in [6.45, 7) is 8.73. The summed E-state index contributed by atoms with van der Waals surface area (Å²) in [5, 5.41) is 51.1. The fourth-order valence-corrected chi connectivity index (χ4v) is 8.01. The second-order valence-corrected chi connectivity index (χ2v) is 19.3. The second kappa shape index (κ2) is 68.8. The molecule has 0 amide bonds. The highest BCUT2D eigenvalue weighted by Gasteiger charge is 2.04. The summed E-state index contributed by atoms with van der Waals surface area (Å²) >= 11 is 0. The van der Waals surface area contributed by atoms with E-state index < -0.39 is 12.1 Å². The molecule has 390 valence electrons. The first-order valence-electron chi connectivity index (χ1n) is 28.7. The van der Waals surface area contributed by atoms with Gasteiger partial charge in [0, 0.05) is 13.0 Å². The molecular formula is C57H120O7. The number of unbranched alkanes of at least 4 members (excludes halogenated alkanes) is 40. The molecule has 1 atom stereocenters. The normalized spacial score (nSPS) is 11.4. The van der Waals surface area contributed by atoms with Crippen LogP contribution >= 0.6 is 0 Å². The number of carbonyl (C=O) groups is 1. The maximum atomic E-state index is 10.3. The van der Waals surface area contributed by atoms with Crippen LogP contribution in [0, 0.1) is 0 Å². The Kier molecular flexibility index (Phi) is 75.1. The van der Waals surface area contributed by atoms with Crippen LogP contribution in [0.1, 0.15) is 329 Å². The van der Waals surface area contributed by atoms with E-state index in [0.29, 0.717) is 13.0 Å². The van der Waals surface area contributed by atoms with Crippen LogP contribution in [0.5, 0.6) is 0 Å². The minimum Gasteiger partial charge on any atom is -0.481 e. The molecule has 0 fully saturated rings. The predicted octanol–water partition coefficient (Wildman–Crippen LogP) is 17.1. The van der Waals surface area contributed by atoms with Gasteiger partial charge in [-0.05, 0) is 25.7 Å². The van der Waals surface area contributed by atoms with Gasteiger partial charge in [0.25, 0.3) is 0 Å². The van der Waals surface area contributed by atoms with Crippen LogP contribution in [0.15, 0.2) is 0 Å². The first-order chi connectivity index (χ1) is 31.3. The van der Waals surface area contributed by atoms with Crippen molar-refractivity contribution in [3.8, 4) is 0 Å². The van der Waals surface area contributed by atoms with Gasteiger partial charge in [0.05, 0.1) is 19.3 Å². The van der Waals surface area contributed by atoms with E-state index in [4.69, 9.17) is 25.5 Å². The number of carboxylic acids is 1. The van der Waals surface area contributed by atoms with Crippen molar-refractivity contribution in [2.75, 3.05) is 19.8 Å². The Morgan fingerprint density at radius 3 is 0.688 bits per heavy atom. The standard InChI is InChI=1S/C20H42O.C18H36O2.C16H34O.C3H8O3/c1-3-5-7-9-11-12-13-15-17-19-20(21)18-16-14-10-8-6-4-2;1-2-3-4-5-6-7-8-9-10-11-12-13-14-15-16-17-18(19)20;1-2-3-4-5-6-7-8-9-10-11-12-13-14-15-16-17;4-1-3(6)2-5/h20-21H,3-19H2,1-2H3;2-17H2,1H3,(H,19,20);17H,2-16H2,1H3;3-6H,1-2H2. The molecule has 0 aliphatic heterocycles. The molecule has 0 radical (unpaired) electrons. The Labute approximate surface area is 401 Å². The summed E-state index contributed by atoms with van der Waals surface area (Å²) in [4.78, 5) is 10.3. The summed E-state index contributed by atoms with van der Waals surface area (Å²) in [6.07, 6.45) is 60.8. The topological polar surface area (TPSA) is 138 Å². The highest BCUT2D eigenvalue weighted by molar-refractivity contribution is 5.66. The van der Waals surface area contributed by atoms with E-state index in [1.807, 2.05) is 0 Å². The molecule has 0 aromatic heterocycles. The SMILES string of the molecule is CCCCCCCCCCCC(O)CCCCCCCC.CCCCCCCCCCCCCCCCCC(=O)O.CCCCCCCCCCCCCCCCO.OCC(O)CO. The van der Waals surface area contributed by atoms with Gasteiger partial charge in [-0.15, -0.1) is 0 Å². The van der Waals surface area contributed by atoms with Gasteiger partial charge in [0.15, 0.2) is 0 Å². The van der Waals surface area contributed by atoms with Crippen LogP contribution < -0.4 is 0 Å². The van der Waals surface area contributed by atoms with E-state index in [0.717, 1.165) is 32.1 Å². The molecule has 0 spiro atoms. The average Bonchev–Trinajstić information content (AvgIpc) is 3.30. The molecular weight excluding hydrogens is 797 g/mol. The third-order valence-electron chi connectivity index (χ3n) is 12.5. The van der Waals surface area contributed by atoms with Crippen LogP contribution in [0.3, 0.4) is 0 Å². The molecule has 0 saturated carbocycles. The number of aliphatic hydroxyl groups is 5. The third kappa shape index (κ3) is 78.4. The Hall–Kier alpha value is -0.730. The average molecular weight is 918 g/mol. The van der Waals surface area contributed by atoms with Gasteiger partial charge < -0.3 is 30.6 Å². The molecule has 0 aromatic carbocycles. The Bertz CT molecular complexity index is 748. The smallest absolute Gasteiger partial charge is 0.303 e. The zero-order valence-electron chi connectivity index (χ0n) is 44.1. The summed E-state index contributed by atoms with van der Waals surface area (Å²) in [7, 11) is 0. The fourth-order valence-electron chi connectivity index (χ4n) is 8.01. The van der Waals surface area contributed by atoms with Gasteiger partial charge in [0.1, 0.15) is 6.10 Å². The summed E-state index contributed by atoms with van der Waals surface area (Å²) < 4.78 is 0. The fraction of sp³-hybridized carbons (Fsp3) is 0.982. The Balaban J connectivity index is -0.000000397. The van der Waals surface area contributed by atoms with E-state index in [-0.39, 0.29) is 19.3 Å². The quantitative estimate of drug-likeness (QED) is 0.0334. The van der Waals surface area contributed by atoms with Crippen LogP contribution in [-0.2, 0) is 4.79 Å². The van der Waals surface area contributed by atoms with Crippen LogP contribution in [0.4, 0.5) is 0 Å².